The summed E-state index contributed by atoms with van der Waals surface area (Å²) in [5.41, 5.74) is 1.50. The number of hydrogen-bond acceptors (Lipinski definition) is 12. The first-order valence-electron chi connectivity index (χ1n) is 14.6. The Labute approximate surface area is 273 Å². The molecule has 18 heteroatoms. The van der Waals surface area contributed by atoms with E-state index in [9.17, 15) is 49.2 Å². The zero-order chi connectivity index (χ0) is 35.8. The van der Waals surface area contributed by atoms with E-state index in [0.717, 1.165) is 15.2 Å². The summed E-state index contributed by atoms with van der Waals surface area (Å²) in [4.78, 5) is 76.2. The van der Waals surface area contributed by atoms with Crippen molar-refractivity contribution in [3.05, 3.63) is 79.8 Å². The average molecular weight is 674 g/mol. The zero-order valence-corrected chi connectivity index (χ0v) is 26.6. The van der Waals surface area contributed by atoms with Gasteiger partial charge in [-0.2, -0.15) is 0 Å². The lowest BCUT2D eigenvalue weighted by atomic mass is 9.73. The zero-order valence-electron chi connectivity index (χ0n) is 26.6. The van der Waals surface area contributed by atoms with Gasteiger partial charge in [-0.25, -0.2) is 0 Å². The van der Waals surface area contributed by atoms with Crippen molar-refractivity contribution in [3.8, 4) is 11.5 Å². The molecule has 0 saturated heterocycles. The fraction of sp³-hybridized carbons (Fsp3) is 0.400. The number of hydrogen-bond donors (Lipinski definition) is 8. The largest absolute Gasteiger partial charge is 0.509 e. The Bertz CT molecular complexity index is 1660. The standard InChI is InChI=1S/C30H39N7O11/c1-35-11-5-18(21(39)27(35)45)24(42)32-9-14-37(15-10-33-25(43)19-6-12-36(2)28(46)22(19)40)13-8-30(29(31)47)7-4-17(20(38)23(30)41)26(44)34-16-48-3/h4-7,11-12,23,38-41H,8-10,13-16H2,1-3H3,(H2,31,47)(H,32,42)(H,33,43)(H,34,44). The van der Waals surface area contributed by atoms with Crippen molar-refractivity contribution in [3.63, 3.8) is 0 Å². The molecule has 2 unspecified atom stereocenters. The summed E-state index contributed by atoms with van der Waals surface area (Å²) in [5.74, 6) is -5.50. The summed E-state index contributed by atoms with van der Waals surface area (Å²) >= 11 is 0. The lowest BCUT2D eigenvalue weighted by molar-refractivity contribution is -0.132. The average Bonchev–Trinajstić information content (AvgIpc) is 3.05. The van der Waals surface area contributed by atoms with E-state index in [2.05, 4.69) is 16.0 Å². The molecule has 260 valence electrons. The molecule has 3 rings (SSSR count). The van der Waals surface area contributed by atoms with E-state index >= 15 is 0 Å². The minimum absolute atomic E-state index is 0.0111. The van der Waals surface area contributed by atoms with Crippen LogP contribution < -0.4 is 32.8 Å². The molecule has 0 saturated carbocycles. The van der Waals surface area contributed by atoms with Gasteiger partial charge in [0, 0.05) is 59.8 Å². The van der Waals surface area contributed by atoms with Crippen LogP contribution >= 0.6 is 0 Å². The predicted molar refractivity (Wildman–Crippen MR) is 169 cm³/mol. The predicted octanol–water partition coefficient (Wildman–Crippen LogP) is -2.72. The fourth-order valence-electron chi connectivity index (χ4n) is 4.91. The number of amides is 4. The van der Waals surface area contributed by atoms with E-state index in [0.29, 0.717) is 0 Å². The van der Waals surface area contributed by atoms with Gasteiger partial charge in [0.15, 0.2) is 11.5 Å². The number of carbonyl (C=O) groups is 4. The van der Waals surface area contributed by atoms with Gasteiger partial charge in [0.05, 0.1) is 16.7 Å². The number of carbonyl (C=O) groups excluding carboxylic acids is 4. The number of methoxy groups -OCH3 is 1. The lowest BCUT2D eigenvalue weighted by Gasteiger charge is -2.36. The molecule has 0 spiro atoms. The van der Waals surface area contributed by atoms with Crippen LogP contribution in [0.3, 0.4) is 0 Å². The Morgan fingerprint density at radius 1 is 0.875 bits per heavy atom. The third-order valence-electron chi connectivity index (χ3n) is 7.89. The van der Waals surface area contributed by atoms with Crippen LogP contribution in [0.4, 0.5) is 0 Å². The Balaban J connectivity index is 1.77. The number of nitrogens with two attached hydrogens (primary N) is 1. The maximum atomic E-state index is 12.7. The van der Waals surface area contributed by atoms with Crippen LogP contribution in [0, 0.1) is 5.41 Å². The molecule has 0 aliphatic heterocycles. The quantitative estimate of drug-likeness (QED) is 0.0897. The molecule has 0 fully saturated rings. The molecule has 4 amide bonds. The van der Waals surface area contributed by atoms with Crippen LogP contribution in [0.15, 0.2) is 57.6 Å². The number of aromatic nitrogens is 2. The third-order valence-corrected chi connectivity index (χ3v) is 7.89. The van der Waals surface area contributed by atoms with Crippen LogP contribution in [-0.4, -0.2) is 111 Å². The van der Waals surface area contributed by atoms with Gasteiger partial charge in [0.25, 0.3) is 28.8 Å². The van der Waals surface area contributed by atoms with Crippen LogP contribution in [-0.2, 0) is 28.4 Å². The number of nitrogens with zero attached hydrogens (tertiary/aromatic N) is 3. The summed E-state index contributed by atoms with van der Waals surface area (Å²) in [6.45, 7) is -0.134. The van der Waals surface area contributed by atoms with Gasteiger partial charge in [-0.1, -0.05) is 6.08 Å². The number of aliphatic hydroxyl groups excluding tert-OH is 2. The Hall–Kier alpha value is -5.46. The Kier molecular flexibility index (Phi) is 12.3. The second kappa shape index (κ2) is 15.9. The highest BCUT2D eigenvalue weighted by atomic mass is 16.5. The van der Waals surface area contributed by atoms with Crippen molar-refractivity contribution in [2.24, 2.45) is 25.2 Å². The molecule has 2 aromatic heterocycles. The summed E-state index contributed by atoms with van der Waals surface area (Å²) < 4.78 is 6.97. The normalized spacial score (nSPS) is 17.3. The first-order chi connectivity index (χ1) is 22.7. The van der Waals surface area contributed by atoms with Gasteiger partial charge < -0.3 is 56.0 Å². The number of nitrogens with one attached hydrogen (secondary N) is 3. The fourth-order valence-corrected chi connectivity index (χ4v) is 4.91. The molecule has 1 aliphatic carbocycles. The van der Waals surface area contributed by atoms with Gasteiger partial charge in [-0.15, -0.1) is 0 Å². The van der Waals surface area contributed by atoms with Crippen molar-refractivity contribution in [2.45, 2.75) is 12.5 Å². The summed E-state index contributed by atoms with van der Waals surface area (Å²) in [6.07, 6.45) is 2.93. The Morgan fingerprint density at radius 3 is 1.83 bits per heavy atom. The minimum atomic E-state index is -1.89. The molecule has 0 radical (unpaired) electrons. The second-order valence-electron chi connectivity index (χ2n) is 11.0. The van der Waals surface area contributed by atoms with Gasteiger partial charge in [-0.3, -0.25) is 33.7 Å². The smallest absolute Gasteiger partial charge is 0.293 e. The van der Waals surface area contributed by atoms with Crippen molar-refractivity contribution >= 4 is 23.6 Å². The molecule has 0 bridgehead atoms. The molecule has 1 aliphatic rings. The maximum Gasteiger partial charge on any atom is 0.293 e. The number of aliphatic hydroxyl groups is 2. The van der Waals surface area contributed by atoms with Gasteiger partial charge in [-0.05, 0) is 31.2 Å². The van der Waals surface area contributed by atoms with Crippen molar-refractivity contribution < 1.29 is 44.3 Å². The minimum Gasteiger partial charge on any atom is -0.509 e. The molecule has 48 heavy (non-hydrogen) atoms. The summed E-state index contributed by atoms with van der Waals surface area (Å²) in [7, 11) is 4.15. The van der Waals surface area contributed by atoms with E-state index in [1.807, 2.05) is 0 Å². The number of aromatic hydroxyl groups is 2. The number of ether oxygens (including phenoxy) is 1. The van der Waals surface area contributed by atoms with E-state index in [1.165, 1.54) is 51.8 Å². The lowest BCUT2D eigenvalue weighted by Crippen LogP contribution is -2.50. The van der Waals surface area contributed by atoms with Gasteiger partial charge in [0.2, 0.25) is 5.91 Å². The topological polar surface area (TPSA) is 268 Å². The molecular formula is C30H39N7O11. The first-order valence-corrected chi connectivity index (χ1v) is 14.6. The summed E-state index contributed by atoms with van der Waals surface area (Å²) in [5, 5.41) is 49.4. The van der Waals surface area contributed by atoms with E-state index in [-0.39, 0.29) is 62.6 Å². The highest BCUT2D eigenvalue weighted by Crippen LogP contribution is 2.37. The number of primary amides is 1. The van der Waals surface area contributed by atoms with Crippen molar-refractivity contribution in [1.29, 1.82) is 0 Å². The van der Waals surface area contributed by atoms with Crippen LogP contribution in [0.5, 0.6) is 11.5 Å². The molecule has 2 atom stereocenters. The highest BCUT2D eigenvalue weighted by molar-refractivity contribution is 5.98. The van der Waals surface area contributed by atoms with Crippen LogP contribution in [0.25, 0.3) is 0 Å². The van der Waals surface area contributed by atoms with E-state index in [1.54, 1.807) is 4.90 Å². The number of pyridine rings is 2. The van der Waals surface area contributed by atoms with E-state index in [4.69, 9.17) is 10.5 Å². The molecule has 0 aromatic carbocycles. The monoisotopic (exact) mass is 673 g/mol. The number of rotatable bonds is 15. The first kappa shape index (κ1) is 37.0. The van der Waals surface area contributed by atoms with Crippen LogP contribution in [0.2, 0.25) is 0 Å². The maximum absolute atomic E-state index is 12.7. The SMILES string of the molecule is COCNC(=O)C1=C(O)C(O)C(CCN(CCNC(=O)c2ccn(C)c(=O)c2O)CCNC(=O)c2ccn(C)c(=O)c2O)(C(N)=O)C=C1. The van der Waals surface area contributed by atoms with Crippen LogP contribution in [0.1, 0.15) is 27.1 Å². The van der Waals surface area contributed by atoms with Gasteiger partial charge in [0.1, 0.15) is 24.0 Å². The van der Waals surface area contributed by atoms with E-state index < -0.39 is 63.5 Å². The highest BCUT2D eigenvalue weighted by Gasteiger charge is 2.47. The number of aryl methyl sites for hydroxylation is 2. The molecular weight excluding hydrogens is 634 g/mol. The second-order valence-corrected chi connectivity index (χ2v) is 11.0. The molecule has 2 aromatic rings. The summed E-state index contributed by atoms with van der Waals surface area (Å²) in [6, 6.07) is 2.53. The van der Waals surface area contributed by atoms with Gasteiger partial charge >= 0.3 is 0 Å². The Morgan fingerprint density at radius 2 is 1.38 bits per heavy atom. The van der Waals surface area contributed by atoms with Crippen molar-refractivity contribution in [1.82, 2.24) is 30.0 Å². The third kappa shape index (κ3) is 8.08. The molecule has 2 heterocycles. The molecule has 9 N–H and O–H groups in total. The van der Waals surface area contributed by atoms with Crippen molar-refractivity contribution in [2.75, 3.05) is 46.6 Å². The molecule has 18 nitrogen and oxygen atoms in total.